The molecule has 0 aliphatic carbocycles. The molecule has 0 saturated heterocycles. The second-order valence-corrected chi connectivity index (χ2v) is 3.55. The van der Waals surface area contributed by atoms with Gasteiger partial charge >= 0.3 is 0 Å². The molecule has 0 aliphatic rings. The van der Waals surface area contributed by atoms with E-state index < -0.39 is 0 Å². The zero-order chi connectivity index (χ0) is 8.20. The van der Waals surface area contributed by atoms with Crippen molar-refractivity contribution in [1.82, 2.24) is 5.32 Å². The van der Waals surface area contributed by atoms with Crippen molar-refractivity contribution in [3.63, 3.8) is 0 Å². The molecule has 0 fully saturated rings. The Bertz CT molecular complexity index is 111. The summed E-state index contributed by atoms with van der Waals surface area (Å²) in [6, 6.07) is 0. The monoisotopic (exact) mass is 142 g/mol. The topological polar surface area (TPSA) is 35.9 Å². The van der Waals surface area contributed by atoms with Crippen LogP contribution in [0, 0.1) is 10.8 Å². The van der Waals surface area contributed by atoms with Crippen LogP contribution in [-0.2, 0) is 0 Å². The normalized spacial score (nSPS) is 11.2. The van der Waals surface area contributed by atoms with E-state index in [1.54, 1.807) is 0 Å². The zero-order valence-electron chi connectivity index (χ0n) is 7.41. The smallest absolute Gasteiger partial charge is 0.0986 e. The summed E-state index contributed by atoms with van der Waals surface area (Å²) in [5, 5.41) is 10.6. The van der Waals surface area contributed by atoms with Crippen molar-refractivity contribution in [1.29, 1.82) is 5.41 Å². The maximum Gasteiger partial charge on any atom is 0.0986 e. The third-order valence-electron chi connectivity index (χ3n) is 1.30. The molecule has 2 N–H and O–H groups in total. The molecule has 0 atom stereocenters. The molecule has 2 nitrogen and oxygen atoms in total. The van der Waals surface area contributed by atoms with Gasteiger partial charge in [0.1, 0.15) is 0 Å². The lowest BCUT2D eigenvalue weighted by molar-refractivity contribution is 0.558. The molecule has 2 heteroatoms. The highest BCUT2D eigenvalue weighted by molar-refractivity contribution is 5.83. The second kappa shape index (κ2) is 3.59. The van der Waals surface area contributed by atoms with E-state index in [1.807, 2.05) is 20.8 Å². The Morgan fingerprint density at radius 3 is 2.20 bits per heavy atom. The van der Waals surface area contributed by atoms with Crippen LogP contribution in [0.1, 0.15) is 34.1 Å². The molecule has 0 radical (unpaired) electrons. The molecule has 0 spiro atoms. The third-order valence-corrected chi connectivity index (χ3v) is 1.30. The molecule has 0 rings (SSSR count). The Hall–Kier alpha value is -0.530. The SMILES string of the molecule is CCCNC(=N)C(C)(C)C. The number of amidine groups is 1. The summed E-state index contributed by atoms with van der Waals surface area (Å²) in [5.74, 6) is 0.634. The number of rotatable bonds is 2. The Morgan fingerprint density at radius 1 is 1.40 bits per heavy atom. The zero-order valence-corrected chi connectivity index (χ0v) is 7.41. The third kappa shape index (κ3) is 3.49. The van der Waals surface area contributed by atoms with Gasteiger partial charge in [0, 0.05) is 12.0 Å². The van der Waals surface area contributed by atoms with Gasteiger partial charge in [-0.05, 0) is 6.42 Å². The van der Waals surface area contributed by atoms with Crippen molar-refractivity contribution >= 4 is 5.84 Å². The predicted molar refractivity (Wildman–Crippen MR) is 45.5 cm³/mol. The Kier molecular flexibility index (Phi) is 3.40. The van der Waals surface area contributed by atoms with Crippen molar-refractivity contribution in [3.8, 4) is 0 Å². The molecule has 0 aromatic rings. The van der Waals surface area contributed by atoms with Gasteiger partial charge in [0.25, 0.3) is 0 Å². The summed E-state index contributed by atoms with van der Waals surface area (Å²) >= 11 is 0. The summed E-state index contributed by atoms with van der Waals surface area (Å²) in [4.78, 5) is 0. The van der Waals surface area contributed by atoms with E-state index >= 15 is 0 Å². The van der Waals surface area contributed by atoms with Crippen LogP contribution < -0.4 is 5.32 Å². The lowest BCUT2D eigenvalue weighted by atomic mass is 9.95. The molecule has 0 aromatic carbocycles. The molecule has 0 heterocycles. The number of hydrogen-bond acceptors (Lipinski definition) is 1. The number of hydrogen-bond donors (Lipinski definition) is 2. The van der Waals surface area contributed by atoms with Gasteiger partial charge in [-0.1, -0.05) is 27.7 Å². The maximum absolute atomic E-state index is 7.53. The highest BCUT2D eigenvalue weighted by Crippen LogP contribution is 2.12. The average molecular weight is 142 g/mol. The maximum atomic E-state index is 7.53. The summed E-state index contributed by atoms with van der Waals surface area (Å²) in [5.41, 5.74) is -0.0187. The van der Waals surface area contributed by atoms with Crippen LogP contribution in [0.15, 0.2) is 0 Å². The minimum absolute atomic E-state index is 0.0187. The Morgan fingerprint density at radius 2 is 1.90 bits per heavy atom. The molecule has 0 saturated carbocycles. The van der Waals surface area contributed by atoms with E-state index in [0.29, 0.717) is 5.84 Å². The first kappa shape index (κ1) is 9.47. The molecule has 10 heavy (non-hydrogen) atoms. The van der Waals surface area contributed by atoms with Gasteiger partial charge in [-0.15, -0.1) is 0 Å². The summed E-state index contributed by atoms with van der Waals surface area (Å²) < 4.78 is 0. The second-order valence-electron chi connectivity index (χ2n) is 3.55. The van der Waals surface area contributed by atoms with Gasteiger partial charge in [0.15, 0.2) is 0 Å². The van der Waals surface area contributed by atoms with Crippen LogP contribution in [-0.4, -0.2) is 12.4 Å². The average Bonchev–Trinajstić information content (AvgIpc) is 1.80. The number of nitrogens with one attached hydrogen (secondary N) is 2. The van der Waals surface area contributed by atoms with Crippen molar-refractivity contribution in [3.05, 3.63) is 0 Å². The van der Waals surface area contributed by atoms with Crippen molar-refractivity contribution in [2.45, 2.75) is 34.1 Å². The van der Waals surface area contributed by atoms with Crippen LogP contribution in [0.25, 0.3) is 0 Å². The van der Waals surface area contributed by atoms with Gasteiger partial charge in [0.2, 0.25) is 0 Å². The molecule has 0 bridgehead atoms. The largest absolute Gasteiger partial charge is 0.374 e. The van der Waals surface area contributed by atoms with E-state index in [9.17, 15) is 0 Å². The lowest BCUT2D eigenvalue weighted by Gasteiger charge is -2.20. The van der Waals surface area contributed by atoms with E-state index in [1.165, 1.54) is 0 Å². The first-order valence-electron chi connectivity index (χ1n) is 3.81. The van der Waals surface area contributed by atoms with Gasteiger partial charge in [0.05, 0.1) is 5.84 Å². The molecular weight excluding hydrogens is 124 g/mol. The van der Waals surface area contributed by atoms with Crippen LogP contribution in [0.4, 0.5) is 0 Å². The van der Waals surface area contributed by atoms with Crippen LogP contribution in [0.5, 0.6) is 0 Å². The predicted octanol–water partition coefficient (Wildman–Crippen LogP) is 2.01. The van der Waals surface area contributed by atoms with Gasteiger partial charge in [-0.2, -0.15) is 0 Å². The van der Waals surface area contributed by atoms with E-state index in [0.717, 1.165) is 13.0 Å². The fourth-order valence-electron chi connectivity index (χ4n) is 0.515. The Balaban J connectivity index is 3.64. The molecule has 0 unspecified atom stereocenters. The standard InChI is InChI=1S/C8H18N2/c1-5-6-10-7(9)8(2,3)4/h5-6H2,1-4H3,(H2,9,10). The lowest BCUT2D eigenvalue weighted by Crippen LogP contribution is -2.34. The summed E-state index contributed by atoms with van der Waals surface area (Å²) in [6.45, 7) is 9.13. The van der Waals surface area contributed by atoms with Crippen LogP contribution in [0.3, 0.4) is 0 Å². The quantitative estimate of drug-likeness (QED) is 0.449. The molecular formula is C8H18N2. The van der Waals surface area contributed by atoms with Gasteiger partial charge < -0.3 is 5.32 Å². The Labute approximate surface area is 63.5 Å². The van der Waals surface area contributed by atoms with Crippen LogP contribution >= 0.6 is 0 Å². The van der Waals surface area contributed by atoms with Crippen molar-refractivity contribution in [2.24, 2.45) is 5.41 Å². The minimum Gasteiger partial charge on any atom is -0.374 e. The summed E-state index contributed by atoms with van der Waals surface area (Å²) in [6.07, 6.45) is 1.08. The fraction of sp³-hybridized carbons (Fsp3) is 0.875. The highest BCUT2D eigenvalue weighted by Gasteiger charge is 2.15. The molecule has 60 valence electrons. The van der Waals surface area contributed by atoms with Crippen LogP contribution in [0.2, 0.25) is 0 Å². The van der Waals surface area contributed by atoms with E-state index in [4.69, 9.17) is 5.41 Å². The van der Waals surface area contributed by atoms with Crippen molar-refractivity contribution in [2.75, 3.05) is 6.54 Å². The van der Waals surface area contributed by atoms with E-state index in [-0.39, 0.29) is 5.41 Å². The highest BCUT2D eigenvalue weighted by atomic mass is 14.9. The molecule has 0 aliphatic heterocycles. The van der Waals surface area contributed by atoms with Gasteiger partial charge in [-0.25, -0.2) is 0 Å². The fourth-order valence-corrected chi connectivity index (χ4v) is 0.515. The van der Waals surface area contributed by atoms with Crippen molar-refractivity contribution < 1.29 is 0 Å². The van der Waals surface area contributed by atoms with E-state index in [2.05, 4.69) is 12.2 Å². The molecule has 0 aromatic heterocycles. The van der Waals surface area contributed by atoms with Gasteiger partial charge in [-0.3, -0.25) is 5.41 Å². The molecule has 0 amide bonds. The summed E-state index contributed by atoms with van der Waals surface area (Å²) in [7, 11) is 0. The first-order valence-corrected chi connectivity index (χ1v) is 3.81. The first-order chi connectivity index (χ1) is 4.48. The minimum atomic E-state index is -0.0187.